The van der Waals surface area contributed by atoms with Crippen LogP contribution >= 0.6 is 15.9 Å². The quantitative estimate of drug-likeness (QED) is 0.875. The van der Waals surface area contributed by atoms with Crippen LogP contribution in [0.5, 0.6) is 0 Å². The van der Waals surface area contributed by atoms with Gasteiger partial charge < -0.3 is 5.32 Å². The zero-order valence-corrected chi connectivity index (χ0v) is 11.6. The van der Waals surface area contributed by atoms with Gasteiger partial charge in [0.25, 0.3) is 0 Å². The zero-order valence-electron chi connectivity index (χ0n) is 9.97. The van der Waals surface area contributed by atoms with Crippen molar-refractivity contribution in [3.63, 3.8) is 0 Å². The van der Waals surface area contributed by atoms with Crippen LogP contribution in [-0.2, 0) is 6.54 Å². The van der Waals surface area contributed by atoms with Crippen LogP contribution < -0.4 is 5.32 Å². The van der Waals surface area contributed by atoms with Gasteiger partial charge in [-0.05, 0) is 37.0 Å². The van der Waals surface area contributed by atoms with Crippen LogP contribution in [0.15, 0.2) is 22.7 Å². The monoisotopic (exact) mass is 269 g/mol. The number of hydrogen-bond donors (Lipinski definition) is 1. The molecule has 1 aromatic carbocycles. The average Bonchev–Trinajstić information content (AvgIpc) is 2.19. The van der Waals surface area contributed by atoms with Crippen molar-refractivity contribution in [2.24, 2.45) is 5.92 Å². The molecule has 1 unspecified atom stereocenters. The van der Waals surface area contributed by atoms with Gasteiger partial charge in [0.05, 0.1) is 0 Å². The number of benzene rings is 1. The molecule has 1 N–H and O–H groups in total. The van der Waals surface area contributed by atoms with E-state index in [1.807, 2.05) is 0 Å². The first-order chi connectivity index (χ1) is 7.00. The van der Waals surface area contributed by atoms with Crippen molar-refractivity contribution < 1.29 is 0 Å². The lowest BCUT2D eigenvalue weighted by molar-refractivity contribution is 0.426. The highest BCUT2D eigenvalue weighted by molar-refractivity contribution is 9.10. The highest BCUT2D eigenvalue weighted by Gasteiger charge is 2.05. The number of halogens is 1. The minimum Gasteiger partial charge on any atom is -0.310 e. The van der Waals surface area contributed by atoms with Crippen molar-refractivity contribution in [2.75, 3.05) is 0 Å². The Morgan fingerprint density at radius 1 is 1.27 bits per heavy atom. The van der Waals surface area contributed by atoms with Crippen LogP contribution in [-0.4, -0.2) is 6.04 Å². The molecule has 0 fully saturated rings. The second-order valence-corrected chi connectivity index (χ2v) is 5.35. The molecule has 1 rings (SSSR count). The molecule has 0 radical (unpaired) electrons. The first kappa shape index (κ1) is 12.7. The van der Waals surface area contributed by atoms with E-state index < -0.39 is 0 Å². The van der Waals surface area contributed by atoms with Crippen LogP contribution in [0.3, 0.4) is 0 Å². The second-order valence-electron chi connectivity index (χ2n) is 4.50. The summed E-state index contributed by atoms with van der Waals surface area (Å²) in [6.07, 6.45) is 0. The van der Waals surface area contributed by atoms with Gasteiger partial charge in [0.15, 0.2) is 0 Å². The predicted octanol–water partition coefficient (Wildman–Crippen LogP) is 3.89. The molecule has 0 aromatic heterocycles. The molecule has 2 heteroatoms. The van der Waals surface area contributed by atoms with Crippen molar-refractivity contribution >= 4 is 15.9 Å². The molecule has 1 atom stereocenters. The van der Waals surface area contributed by atoms with Gasteiger partial charge in [0, 0.05) is 17.1 Å². The SMILES string of the molecule is Cc1cc(CNC(C)C(C)C)ccc1Br. The van der Waals surface area contributed by atoms with Crippen LogP contribution in [0.1, 0.15) is 31.9 Å². The third-order valence-electron chi connectivity index (χ3n) is 2.85. The van der Waals surface area contributed by atoms with Gasteiger partial charge in [-0.1, -0.05) is 41.9 Å². The van der Waals surface area contributed by atoms with E-state index >= 15 is 0 Å². The lowest BCUT2D eigenvalue weighted by Gasteiger charge is -2.17. The summed E-state index contributed by atoms with van der Waals surface area (Å²) in [4.78, 5) is 0. The van der Waals surface area contributed by atoms with Gasteiger partial charge >= 0.3 is 0 Å². The largest absolute Gasteiger partial charge is 0.310 e. The number of rotatable bonds is 4. The summed E-state index contributed by atoms with van der Waals surface area (Å²) in [5.41, 5.74) is 2.65. The summed E-state index contributed by atoms with van der Waals surface area (Å²) >= 11 is 3.51. The Bertz CT molecular complexity index is 320. The van der Waals surface area contributed by atoms with Gasteiger partial charge in [0.2, 0.25) is 0 Å². The maximum atomic E-state index is 3.53. The zero-order chi connectivity index (χ0) is 11.4. The van der Waals surface area contributed by atoms with Crippen molar-refractivity contribution in [1.29, 1.82) is 0 Å². The van der Waals surface area contributed by atoms with E-state index in [0.717, 1.165) is 6.54 Å². The Hall–Kier alpha value is -0.340. The maximum Gasteiger partial charge on any atom is 0.0208 e. The molecule has 0 aliphatic carbocycles. The first-order valence-electron chi connectivity index (χ1n) is 5.49. The van der Waals surface area contributed by atoms with Crippen LogP contribution in [0.25, 0.3) is 0 Å². The maximum absolute atomic E-state index is 3.53. The molecule has 15 heavy (non-hydrogen) atoms. The van der Waals surface area contributed by atoms with E-state index in [1.54, 1.807) is 0 Å². The van der Waals surface area contributed by atoms with Gasteiger partial charge in [-0.3, -0.25) is 0 Å². The van der Waals surface area contributed by atoms with Crippen LogP contribution in [0, 0.1) is 12.8 Å². The third-order valence-corrected chi connectivity index (χ3v) is 3.74. The minimum atomic E-state index is 0.564. The molecular formula is C13H20BrN. The standard InChI is InChI=1S/C13H20BrN/c1-9(2)11(4)15-8-12-5-6-13(14)10(3)7-12/h5-7,9,11,15H,8H2,1-4H3. The van der Waals surface area contributed by atoms with E-state index in [-0.39, 0.29) is 0 Å². The van der Waals surface area contributed by atoms with Crippen molar-refractivity contribution in [3.05, 3.63) is 33.8 Å². The van der Waals surface area contributed by atoms with E-state index in [4.69, 9.17) is 0 Å². The Labute approximate surface area is 101 Å². The molecule has 0 aliphatic heterocycles. The molecule has 1 aromatic rings. The molecule has 0 saturated carbocycles. The summed E-state index contributed by atoms with van der Waals surface area (Å²) in [5, 5.41) is 3.53. The Balaban J connectivity index is 2.55. The third kappa shape index (κ3) is 3.96. The Morgan fingerprint density at radius 2 is 1.93 bits per heavy atom. The summed E-state index contributed by atoms with van der Waals surface area (Å²) in [6.45, 7) is 9.79. The fraction of sp³-hybridized carbons (Fsp3) is 0.538. The second kappa shape index (κ2) is 5.66. The predicted molar refractivity (Wildman–Crippen MR) is 70.0 cm³/mol. The molecule has 0 spiro atoms. The molecule has 0 aliphatic rings. The van der Waals surface area contributed by atoms with E-state index in [9.17, 15) is 0 Å². The molecule has 0 bridgehead atoms. The van der Waals surface area contributed by atoms with E-state index in [1.165, 1.54) is 15.6 Å². The lowest BCUT2D eigenvalue weighted by Crippen LogP contribution is -2.30. The van der Waals surface area contributed by atoms with Gasteiger partial charge in [0.1, 0.15) is 0 Å². The molecule has 1 nitrogen and oxygen atoms in total. The van der Waals surface area contributed by atoms with Crippen molar-refractivity contribution in [3.8, 4) is 0 Å². The highest BCUT2D eigenvalue weighted by Crippen LogP contribution is 2.17. The van der Waals surface area contributed by atoms with Crippen LogP contribution in [0.2, 0.25) is 0 Å². The normalized spacial score (nSPS) is 13.2. The Morgan fingerprint density at radius 3 is 2.47 bits per heavy atom. The molecular weight excluding hydrogens is 250 g/mol. The van der Waals surface area contributed by atoms with Crippen molar-refractivity contribution in [1.82, 2.24) is 5.32 Å². The molecule has 84 valence electrons. The van der Waals surface area contributed by atoms with E-state index in [2.05, 4.69) is 67.1 Å². The minimum absolute atomic E-state index is 0.564. The van der Waals surface area contributed by atoms with E-state index in [0.29, 0.717) is 12.0 Å². The molecule has 0 saturated heterocycles. The first-order valence-corrected chi connectivity index (χ1v) is 6.28. The summed E-state index contributed by atoms with van der Waals surface area (Å²) in [6, 6.07) is 7.07. The molecule has 0 heterocycles. The number of aryl methyl sites for hydroxylation is 1. The van der Waals surface area contributed by atoms with Crippen LogP contribution in [0.4, 0.5) is 0 Å². The van der Waals surface area contributed by atoms with Gasteiger partial charge in [-0.15, -0.1) is 0 Å². The fourth-order valence-electron chi connectivity index (χ4n) is 1.33. The smallest absolute Gasteiger partial charge is 0.0208 e. The molecule has 0 amide bonds. The topological polar surface area (TPSA) is 12.0 Å². The summed E-state index contributed by atoms with van der Waals surface area (Å²) in [7, 11) is 0. The van der Waals surface area contributed by atoms with Crippen molar-refractivity contribution in [2.45, 2.75) is 40.3 Å². The average molecular weight is 270 g/mol. The lowest BCUT2D eigenvalue weighted by atomic mass is 10.1. The number of nitrogens with one attached hydrogen (secondary N) is 1. The highest BCUT2D eigenvalue weighted by atomic mass is 79.9. The fourth-order valence-corrected chi connectivity index (χ4v) is 1.58. The van der Waals surface area contributed by atoms with Gasteiger partial charge in [-0.2, -0.15) is 0 Å². The summed E-state index contributed by atoms with van der Waals surface area (Å²) in [5.74, 6) is 0.682. The van der Waals surface area contributed by atoms with Gasteiger partial charge in [-0.25, -0.2) is 0 Å². The number of hydrogen-bond acceptors (Lipinski definition) is 1. The summed E-state index contributed by atoms with van der Waals surface area (Å²) < 4.78 is 1.18. The Kier molecular flexibility index (Phi) is 4.81.